The molecule has 0 amide bonds. The first-order valence-electron chi connectivity index (χ1n) is 8.12. The van der Waals surface area contributed by atoms with Crippen LogP contribution >= 0.6 is 0 Å². The van der Waals surface area contributed by atoms with Crippen molar-refractivity contribution in [2.24, 2.45) is 0 Å². The largest absolute Gasteiger partial charge is 0.358 e. The molecule has 0 radical (unpaired) electrons. The van der Waals surface area contributed by atoms with E-state index in [1.165, 1.54) is 18.4 Å². The van der Waals surface area contributed by atoms with Crippen molar-refractivity contribution >= 4 is 10.9 Å². The minimum Gasteiger partial charge on any atom is -0.358 e. The Labute approximate surface area is 131 Å². The topological polar surface area (TPSA) is 15.8 Å². The SMILES string of the molecule is CCCCc1ccc(-c2ccc3c(CC)c[nH]c3c2F)cc1. The van der Waals surface area contributed by atoms with Crippen molar-refractivity contribution in [1.29, 1.82) is 0 Å². The summed E-state index contributed by atoms with van der Waals surface area (Å²) in [7, 11) is 0. The molecule has 0 bridgehead atoms. The third kappa shape index (κ3) is 2.66. The summed E-state index contributed by atoms with van der Waals surface area (Å²) in [4.78, 5) is 3.08. The number of unbranched alkanes of at least 4 members (excludes halogenated alkanes) is 1. The van der Waals surface area contributed by atoms with Crippen LogP contribution in [0, 0.1) is 5.82 Å². The van der Waals surface area contributed by atoms with Gasteiger partial charge in [-0.2, -0.15) is 0 Å². The fourth-order valence-corrected chi connectivity index (χ4v) is 2.97. The first-order valence-corrected chi connectivity index (χ1v) is 8.12. The molecule has 1 N–H and O–H groups in total. The second-order valence-corrected chi connectivity index (χ2v) is 5.82. The van der Waals surface area contributed by atoms with Crippen molar-refractivity contribution in [2.45, 2.75) is 39.5 Å². The van der Waals surface area contributed by atoms with Crippen LogP contribution in [0.1, 0.15) is 37.8 Å². The number of aryl methyl sites for hydroxylation is 2. The Balaban J connectivity index is 1.97. The number of hydrogen-bond acceptors (Lipinski definition) is 0. The Morgan fingerprint density at radius 3 is 2.45 bits per heavy atom. The van der Waals surface area contributed by atoms with Crippen LogP contribution < -0.4 is 0 Å². The fourth-order valence-electron chi connectivity index (χ4n) is 2.97. The number of fused-ring (bicyclic) bond motifs is 1. The van der Waals surface area contributed by atoms with E-state index in [1.54, 1.807) is 0 Å². The number of aromatic amines is 1. The van der Waals surface area contributed by atoms with E-state index in [0.717, 1.165) is 29.4 Å². The van der Waals surface area contributed by atoms with E-state index in [0.29, 0.717) is 11.1 Å². The van der Waals surface area contributed by atoms with Crippen molar-refractivity contribution < 1.29 is 4.39 Å². The predicted molar refractivity (Wildman–Crippen MR) is 91.7 cm³/mol. The summed E-state index contributed by atoms with van der Waals surface area (Å²) >= 11 is 0. The number of H-pyrrole nitrogens is 1. The molecule has 1 heterocycles. The van der Waals surface area contributed by atoms with Crippen molar-refractivity contribution in [1.82, 2.24) is 4.98 Å². The highest BCUT2D eigenvalue weighted by molar-refractivity contribution is 5.88. The van der Waals surface area contributed by atoms with E-state index in [2.05, 4.69) is 31.0 Å². The lowest BCUT2D eigenvalue weighted by atomic mass is 9.99. The summed E-state index contributed by atoms with van der Waals surface area (Å²) in [6, 6.07) is 12.2. The molecule has 0 saturated heterocycles. The van der Waals surface area contributed by atoms with Gasteiger partial charge in [-0.15, -0.1) is 0 Å². The predicted octanol–water partition coefficient (Wildman–Crippen LogP) is 5.88. The molecule has 0 saturated carbocycles. The highest BCUT2D eigenvalue weighted by atomic mass is 19.1. The van der Waals surface area contributed by atoms with Crippen LogP contribution in [-0.4, -0.2) is 4.98 Å². The van der Waals surface area contributed by atoms with E-state index in [9.17, 15) is 4.39 Å². The normalized spacial score (nSPS) is 11.2. The minimum atomic E-state index is -0.154. The van der Waals surface area contributed by atoms with Gasteiger partial charge in [0.05, 0.1) is 5.52 Å². The van der Waals surface area contributed by atoms with Gasteiger partial charge in [0, 0.05) is 17.1 Å². The highest BCUT2D eigenvalue weighted by Crippen LogP contribution is 2.30. The van der Waals surface area contributed by atoms with Gasteiger partial charge >= 0.3 is 0 Å². The summed E-state index contributed by atoms with van der Waals surface area (Å²) in [5, 5.41) is 0.989. The zero-order valence-corrected chi connectivity index (χ0v) is 13.2. The number of rotatable bonds is 5. The van der Waals surface area contributed by atoms with Gasteiger partial charge in [0.1, 0.15) is 0 Å². The van der Waals surface area contributed by atoms with Crippen molar-refractivity contribution in [3.05, 3.63) is 59.5 Å². The zero-order chi connectivity index (χ0) is 15.5. The molecule has 0 spiro atoms. The van der Waals surface area contributed by atoms with Gasteiger partial charge in [-0.1, -0.05) is 56.7 Å². The van der Waals surface area contributed by atoms with E-state index >= 15 is 0 Å². The van der Waals surface area contributed by atoms with Crippen LogP contribution in [0.3, 0.4) is 0 Å². The van der Waals surface area contributed by atoms with Crippen molar-refractivity contribution in [3.8, 4) is 11.1 Å². The average Bonchev–Trinajstić information content (AvgIpc) is 2.98. The van der Waals surface area contributed by atoms with Crippen LogP contribution in [0.15, 0.2) is 42.6 Å². The number of nitrogens with one attached hydrogen (secondary N) is 1. The summed E-state index contributed by atoms with van der Waals surface area (Å²) < 4.78 is 14.8. The second-order valence-electron chi connectivity index (χ2n) is 5.82. The van der Waals surface area contributed by atoms with Crippen LogP contribution in [0.25, 0.3) is 22.0 Å². The Morgan fingerprint density at radius 1 is 1.00 bits per heavy atom. The van der Waals surface area contributed by atoms with Gasteiger partial charge in [-0.3, -0.25) is 0 Å². The van der Waals surface area contributed by atoms with Gasteiger partial charge in [0.15, 0.2) is 5.82 Å². The standard InChI is InChI=1S/C20H22FN/c1-3-5-6-14-7-9-16(10-8-14)17-11-12-18-15(4-2)13-22-20(18)19(17)21/h7-13,22H,3-6H2,1-2H3. The first-order chi connectivity index (χ1) is 10.7. The van der Waals surface area contributed by atoms with Crippen LogP contribution in [-0.2, 0) is 12.8 Å². The summed E-state index contributed by atoms with van der Waals surface area (Å²) in [6.07, 6.45) is 6.30. The summed E-state index contributed by atoms with van der Waals surface area (Å²) in [5.41, 5.74) is 4.70. The molecule has 0 fully saturated rings. The molecule has 0 aliphatic rings. The van der Waals surface area contributed by atoms with Gasteiger partial charge < -0.3 is 4.98 Å². The quantitative estimate of drug-likeness (QED) is 0.605. The Bertz CT molecular complexity index is 768. The van der Waals surface area contributed by atoms with Crippen LogP contribution in [0.4, 0.5) is 4.39 Å². The molecule has 0 atom stereocenters. The van der Waals surface area contributed by atoms with E-state index in [-0.39, 0.29) is 5.82 Å². The second kappa shape index (κ2) is 6.35. The van der Waals surface area contributed by atoms with Gasteiger partial charge in [0.2, 0.25) is 0 Å². The third-order valence-corrected chi connectivity index (χ3v) is 4.34. The molecule has 3 rings (SSSR count). The molecule has 22 heavy (non-hydrogen) atoms. The minimum absolute atomic E-state index is 0.154. The van der Waals surface area contributed by atoms with Crippen LogP contribution in [0.2, 0.25) is 0 Å². The lowest BCUT2D eigenvalue weighted by Crippen LogP contribution is -1.89. The average molecular weight is 295 g/mol. The van der Waals surface area contributed by atoms with E-state index in [4.69, 9.17) is 0 Å². The lowest BCUT2D eigenvalue weighted by molar-refractivity contribution is 0.640. The molecule has 3 aromatic rings. The van der Waals surface area contributed by atoms with Crippen molar-refractivity contribution in [2.75, 3.05) is 0 Å². The molecule has 0 aliphatic carbocycles. The highest BCUT2D eigenvalue weighted by Gasteiger charge is 2.12. The van der Waals surface area contributed by atoms with E-state index < -0.39 is 0 Å². The molecule has 1 nitrogen and oxygen atoms in total. The van der Waals surface area contributed by atoms with Crippen molar-refractivity contribution in [3.63, 3.8) is 0 Å². The number of aromatic nitrogens is 1. The smallest absolute Gasteiger partial charge is 0.155 e. The maximum atomic E-state index is 14.8. The van der Waals surface area contributed by atoms with Crippen LogP contribution in [0.5, 0.6) is 0 Å². The molecule has 2 heteroatoms. The molecule has 2 aromatic carbocycles. The zero-order valence-electron chi connectivity index (χ0n) is 13.2. The molecule has 1 aromatic heterocycles. The number of benzene rings is 2. The summed E-state index contributed by atoms with van der Waals surface area (Å²) in [5.74, 6) is -0.154. The summed E-state index contributed by atoms with van der Waals surface area (Å²) in [6.45, 7) is 4.28. The van der Waals surface area contributed by atoms with E-state index in [1.807, 2.05) is 30.5 Å². The lowest BCUT2D eigenvalue weighted by Gasteiger charge is -2.07. The molecular weight excluding hydrogens is 273 g/mol. The Kier molecular flexibility index (Phi) is 4.28. The van der Waals surface area contributed by atoms with Gasteiger partial charge in [-0.25, -0.2) is 4.39 Å². The monoisotopic (exact) mass is 295 g/mol. The molecular formula is C20H22FN. The maximum Gasteiger partial charge on any atom is 0.155 e. The third-order valence-electron chi connectivity index (χ3n) is 4.34. The Morgan fingerprint density at radius 2 is 1.77 bits per heavy atom. The number of halogens is 1. The Hall–Kier alpha value is -2.09. The maximum absolute atomic E-state index is 14.8. The van der Waals surface area contributed by atoms with Gasteiger partial charge in [0.25, 0.3) is 0 Å². The molecule has 0 unspecified atom stereocenters. The number of hydrogen-bond donors (Lipinski definition) is 1. The fraction of sp³-hybridized carbons (Fsp3) is 0.300. The van der Waals surface area contributed by atoms with Gasteiger partial charge in [-0.05, 0) is 36.0 Å². The molecule has 114 valence electrons. The molecule has 0 aliphatic heterocycles. The first kappa shape index (κ1) is 14.8.